The highest BCUT2D eigenvalue weighted by Gasteiger charge is 2.42. The predicted molar refractivity (Wildman–Crippen MR) is 118 cm³/mol. The average Bonchev–Trinajstić information content (AvgIpc) is 3.12. The van der Waals surface area contributed by atoms with Crippen LogP contribution in [0.3, 0.4) is 0 Å². The lowest BCUT2D eigenvalue weighted by molar-refractivity contribution is -0.147. The summed E-state index contributed by atoms with van der Waals surface area (Å²) in [6.45, 7) is -0.00372. The highest BCUT2D eigenvalue weighted by Crippen LogP contribution is 2.39. The molecule has 0 spiro atoms. The number of amides is 2. The quantitative estimate of drug-likeness (QED) is 0.338. The first kappa shape index (κ1) is 26.3. The summed E-state index contributed by atoms with van der Waals surface area (Å²) in [5.41, 5.74) is -3.56. The van der Waals surface area contributed by atoms with Crippen molar-refractivity contribution in [3.8, 4) is 0 Å². The summed E-state index contributed by atoms with van der Waals surface area (Å²) in [5.74, 6) is -5.86. The Bertz CT molecular complexity index is 1150. The molecule has 0 radical (unpaired) electrons. The molecule has 2 amide bonds. The summed E-state index contributed by atoms with van der Waals surface area (Å²) in [7, 11) is 0. The van der Waals surface area contributed by atoms with E-state index in [1.54, 1.807) is 23.1 Å². The first-order valence-corrected chi connectivity index (χ1v) is 11.7. The van der Waals surface area contributed by atoms with Crippen molar-refractivity contribution in [2.45, 2.75) is 60.8 Å². The largest absolute Gasteiger partial charge is 0.446 e. The van der Waals surface area contributed by atoms with Crippen molar-refractivity contribution in [3.05, 3.63) is 64.7 Å². The normalized spacial score (nSPS) is 22.8. The van der Waals surface area contributed by atoms with E-state index in [2.05, 4.69) is 10.6 Å². The van der Waals surface area contributed by atoms with E-state index < -0.39 is 53.2 Å². The van der Waals surface area contributed by atoms with Gasteiger partial charge in [0.2, 0.25) is 5.91 Å². The molecule has 3 unspecified atom stereocenters. The van der Waals surface area contributed by atoms with Gasteiger partial charge in [0, 0.05) is 30.0 Å². The van der Waals surface area contributed by atoms with Crippen LogP contribution in [0.15, 0.2) is 47.4 Å². The van der Waals surface area contributed by atoms with Crippen molar-refractivity contribution in [2.75, 3.05) is 0 Å². The van der Waals surface area contributed by atoms with Crippen LogP contribution in [-0.4, -0.2) is 44.7 Å². The Morgan fingerprint density at radius 2 is 1.81 bits per heavy atom. The van der Waals surface area contributed by atoms with E-state index in [-0.39, 0.29) is 30.3 Å². The molecule has 2 aromatic rings. The lowest BCUT2D eigenvalue weighted by Crippen LogP contribution is -2.54. The van der Waals surface area contributed by atoms with Crippen LogP contribution in [0.1, 0.15) is 41.3 Å². The van der Waals surface area contributed by atoms with E-state index in [0.717, 1.165) is 24.3 Å². The van der Waals surface area contributed by atoms with Gasteiger partial charge in [0.1, 0.15) is 12.5 Å². The second-order valence-electron chi connectivity index (χ2n) is 8.53. The van der Waals surface area contributed by atoms with Crippen molar-refractivity contribution >= 4 is 23.6 Å². The second kappa shape index (κ2) is 9.96. The van der Waals surface area contributed by atoms with Gasteiger partial charge in [0.15, 0.2) is 0 Å². The van der Waals surface area contributed by atoms with Crippen molar-refractivity contribution < 1.29 is 41.8 Å². The van der Waals surface area contributed by atoms with Gasteiger partial charge in [-0.2, -0.15) is 22.0 Å². The van der Waals surface area contributed by atoms with E-state index in [4.69, 9.17) is 0 Å². The number of fused-ring (bicyclic) bond motifs is 1. The number of aliphatic hydroxyl groups is 2. The number of nitrogens with one attached hydrogen (secondary N) is 2. The molecule has 0 bridgehead atoms. The first-order chi connectivity index (χ1) is 16.8. The minimum atomic E-state index is -4.56. The molecular formula is C23H22F5N3O4S. The van der Waals surface area contributed by atoms with Gasteiger partial charge in [-0.3, -0.25) is 14.5 Å². The molecule has 1 fully saturated rings. The number of alkyl halides is 5. The van der Waals surface area contributed by atoms with Gasteiger partial charge >= 0.3 is 11.4 Å². The minimum absolute atomic E-state index is 0.205. The van der Waals surface area contributed by atoms with E-state index in [9.17, 15) is 41.8 Å². The highest BCUT2D eigenvalue weighted by atomic mass is 32.2. The molecule has 0 aromatic heterocycles. The number of piperidine rings is 1. The molecule has 7 nitrogen and oxygen atoms in total. The fourth-order valence-electron chi connectivity index (χ4n) is 4.33. The molecule has 1 saturated heterocycles. The number of carbonyl (C=O) groups is 2. The zero-order valence-corrected chi connectivity index (χ0v) is 19.4. The maximum atomic E-state index is 14.6. The molecule has 36 heavy (non-hydrogen) atoms. The van der Waals surface area contributed by atoms with E-state index in [1.165, 1.54) is 0 Å². The first-order valence-electron chi connectivity index (χ1n) is 10.9. The molecule has 2 heterocycles. The topological polar surface area (TPSA) is 102 Å². The van der Waals surface area contributed by atoms with Crippen LogP contribution in [0.5, 0.6) is 0 Å². The zero-order valence-electron chi connectivity index (χ0n) is 18.6. The van der Waals surface area contributed by atoms with Crippen LogP contribution in [-0.2, 0) is 28.6 Å². The fourth-order valence-corrected chi connectivity index (χ4v) is 4.87. The maximum absolute atomic E-state index is 14.6. The van der Waals surface area contributed by atoms with Crippen LogP contribution in [0.2, 0.25) is 0 Å². The molecule has 2 aliphatic heterocycles. The number of thioether (sulfide) groups is 1. The van der Waals surface area contributed by atoms with Crippen molar-refractivity contribution in [1.82, 2.24) is 15.5 Å². The van der Waals surface area contributed by atoms with Gasteiger partial charge in [-0.15, -0.1) is 0 Å². The minimum Gasteiger partial charge on any atom is -0.374 e. The summed E-state index contributed by atoms with van der Waals surface area (Å²) in [5, 5.41) is 25.4. The van der Waals surface area contributed by atoms with Gasteiger partial charge in [0.05, 0.1) is 6.04 Å². The molecule has 13 heteroatoms. The summed E-state index contributed by atoms with van der Waals surface area (Å²) < 4.78 is 66.4. The Kier molecular flexibility index (Phi) is 7.28. The molecule has 2 aromatic carbocycles. The fraction of sp³-hybridized carbons (Fsp3) is 0.391. The standard InChI is InChI=1S/C23H22F5N3O4S/c24-22(25,14-2-4-15(5-3-14)36-23(26,27)28)21(35)29-10-12-1-6-16-13(9-12)11-31(20(16)34)17-7-8-18(32)30-19(17)33/h1-6,9,17,19-20,33-34H,7-8,10-11H2,(H,29,35)(H,30,32). The third-order valence-corrected chi connectivity index (χ3v) is 6.85. The molecule has 2 aliphatic rings. The molecule has 0 aliphatic carbocycles. The van der Waals surface area contributed by atoms with Gasteiger partial charge in [-0.1, -0.05) is 30.3 Å². The molecule has 4 rings (SSSR count). The Labute approximate surface area is 206 Å². The average molecular weight is 532 g/mol. The summed E-state index contributed by atoms with van der Waals surface area (Å²) in [4.78, 5) is 25.0. The summed E-state index contributed by atoms with van der Waals surface area (Å²) in [6.07, 6.45) is -1.61. The summed E-state index contributed by atoms with van der Waals surface area (Å²) in [6, 6.07) is 7.61. The number of rotatable bonds is 6. The van der Waals surface area contributed by atoms with Crippen LogP contribution < -0.4 is 10.6 Å². The van der Waals surface area contributed by atoms with Crippen molar-refractivity contribution in [1.29, 1.82) is 0 Å². The van der Waals surface area contributed by atoms with Crippen LogP contribution in [0.25, 0.3) is 0 Å². The van der Waals surface area contributed by atoms with E-state index >= 15 is 0 Å². The Morgan fingerprint density at radius 1 is 1.11 bits per heavy atom. The van der Waals surface area contributed by atoms with Gasteiger partial charge in [-0.25, -0.2) is 0 Å². The third kappa shape index (κ3) is 5.64. The summed E-state index contributed by atoms with van der Waals surface area (Å²) >= 11 is -0.444. The van der Waals surface area contributed by atoms with E-state index in [1.807, 2.05) is 0 Å². The van der Waals surface area contributed by atoms with E-state index in [0.29, 0.717) is 23.1 Å². The van der Waals surface area contributed by atoms with Crippen molar-refractivity contribution in [3.63, 3.8) is 0 Å². The number of carbonyl (C=O) groups excluding carboxylic acids is 2. The number of hydrogen-bond acceptors (Lipinski definition) is 6. The molecule has 3 atom stereocenters. The lowest BCUT2D eigenvalue weighted by atomic mass is 10.0. The second-order valence-corrected chi connectivity index (χ2v) is 9.67. The van der Waals surface area contributed by atoms with Gasteiger partial charge in [-0.05, 0) is 47.0 Å². The lowest BCUT2D eigenvalue weighted by Gasteiger charge is -2.36. The predicted octanol–water partition coefficient (Wildman–Crippen LogP) is 3.11. The Hall–Kier alpha value is -2.74. The van der Waals surface area contributed by atoms with Crippen LogP contribution >= 0.6 is 11.8 Å². The van der Waals surface area contributed by atoms with Gasteiger partial charge in [0.25, 0.3) is 5.91 Å². The molecule has 194 valence electrons. The molecule has 0 saturated carbocycles. The van der Waals surface area contributed by atoms with Crippen molar-refractivity contribution in [2.24, 2.45) is 0 Å². The number of aliphatic hydroxyl groups excluding tert-OH is 2. The van der Waals surface area contributed by atoms with Crippen LogP contribution in [0.4, 0.5) is 22.0 Å². The molecule has 4 N–H and O–H groups in total. The van der Waals surface area contributed by atoms with Gasteiger partial charge < -0.3 is 20.8 Å². The SMILES string of the molecule is O=C1CCC(N2Cc3cc(CNC(=O)C(F)(F)c4ccc(SC(F)(F)F)cc4)ccc3C2O)C(O)N1. The number of hydrogen-bond donors (Lipinski definition) is 4. The number of halogens is 5. The number of nitrogens with zero attached hydrogens (tertiary/aromatic N) is 1. The highest BCUT2D eigenvalue weighted by molar-refractivity contribution is 8.00. The monoisotopic (exact) mass is 531 g/mol. The zero-order chi connectivity index (χ0) is 26.3. The smallest absolute Gasteiger partial charge is 0.374 e. The van der Waals surface area contributed by atoms with Crippen LogP contribution in [0, 0.1) is 0 Å². The maximum Gasteiger partial charge on any atom is 0.446 e. The molecular weight excluding hydrogens is 509 g/mol. The number of benzene rings is 2. The Morgan fingerprint density at radius 3 is 2.44 bits per heavy atom. The third-order valence-electron chi connectivity index (χ3n) is 6.11. The Balaban J connectivity index is 1.39.